The second kappa shape index (κ2) is 7.48. The van der Waals surface area contributed by atoms with E-state index in [0.717, 1.165) is 29.7 Å². The molecule has 1 saturated heterocycles. The molecular formula is C22H23FN2O4. The Morgan fingerprint density at radius 1 is 1.17 bits per heavy atom. The molecule has 0 unspecified atom stereocenters. The summed E-state index contributed by atoms with van der Waals surface area (Å²) >= 11 is 0. The number of rotatable bonds is 6. The second-order valence-corrected chi connectivity index (χ2v) is 7.73. The van der Waals surface area contributed by atoms with Crippen LogP contribution in [0.15, 0.2) is 42.5 Å². The summed E-state index contributed by atoms with van der Waals surface area (Å²) in [7, 11) is 0. The fourth-order valence-corrected chi connectivity index (χ4v) is 3.93. The molecule has 4 rings (SSSR count). The van der Waals surface area contributed by atoms with Gasteiger partial charge in [0.1, 0.15) is 29.8 Å². The van der Waals surface area contributed by atoms with Crippen molar-refractivity contribution in [1.29, 1.82) is 0 Å². The molecule has 3 amide bonds. The van der Waals surface area contributed by atoms with Crippen molar-refractivity contribution in [3.63, 3.8) is 0 Å². The highest BCUT2D eigenvalue weighted by molar-refractivity contribution is 6.07. The van der Waals surface area contributed by atoms with E-state index in [9.17, 15) is 19.1 Å². The standard InChI is InChI=1S/C22H23FN2O4/c1-22(16-6-5-14-3-2-4-15(14)11-16)20(27)25(21(28)24-22)12-18(26)13-29-19-9-7-17(23)8-10-19/h5-11,18,26H,2-4,12-13H2,1H3,(H,24,28)/t18-,22-/m0/s1. The molecule has 2 atom stereocenters. The highest BCUT2D eigenvalue weighted by Gasteiger charge is 2.49. The van der Waals surface area contributed by atoms with Gasteiger partial charge in [0.2, 0.25) is 0 Å². The van der Waals surface area contributed by atoms with Crippen molar-refractivity contribution in [1.82, 2.24) is 10.2 Å². The first-order valence-corrected chi connectivity index (χ1v) is 9.69. The Balaban J connectivity index is 1.43. The van der Waals surface area contributed by atoms with Crippen molar-refractivity contribution in [3.8, 4) is 5.75 Å². The number of imide groups is 1. The number of urea groups is 1. The average Bonchev–Trinajstić information content (AvgIpc) is 3.26. The zero-order chi connectivity index (χ0) is 20.6. The third kappa shape index (κ3) is 3.70. The minimum absolute atomic E-state index is 0.127. The monoisotopic (exact) mass is 398 g/mol. The van der Waals surface area contributed by atoms with E-state index in [1.165, 1.54) is 35.4 Å². The highest BCUT2D eigenvalue weighted by atomic mass is 19.1. The van der Waals surface area contributed by atoms with Crippen LogP contribution in [0.4, 0.5) is 9.18 Å². The van der Waals surface area contributed by atoms with Crippen molar-refractivity contribution in [2.75, 3.05) is 13.2 Å². The van der Waals surface area contributed by atoms with Crippen LogP contribution in [0.3, 0.4) is 0 Å². The van der Waals surface area contributed by atoms with Crippen molar-refractivity contribution < 1.29 is 23.8 Å². The summed E-state index contributed by atoms with van der Waals surface area (Å²) in [5.74, 6) is -0.394. The van der Waals surface area contributed by atoms with Crippen LogP contribution in [-0.2, 0) is 23.2 Å². The summed E-state index contributed by atoms with van der Waals surface area (Å²) in [6.07, 6.45) is 2.04. The lowest BCUT2D eigenvalue weighted by Gasteiger charge is -2.24. The van der Waals surface area contributed by atoms with E-state index >= 15 is 0 Å². The molecule has 6 nitrogen and oxygen atoms in total. The summed E-state index contributed by atoms with van der Waals surface area (Å²) in [5, 5.41) is 13.0. The summed E-state index contributed by atoms with van der Waals surface area (Å²) in [4.78, 5) is 26.5. The number of β-amino-alcohol motifs (C(OH)–C–C–N with tert-alkyl or cyclic N) is 1. The van der Waals surface area contributed by atoms with Gasteiger partial charge in [0, 0.05) is 0 Å². The minimum atomic E-state index is -1.16. The van der Waals surface area contributed by atoms with Crippen molar-refractivity contribution in [3.05, 3.63) is 65.0 Å². The zero-order valence-electron chi connectivity index (χ0n) is 16.2. The Kier molecular flexibility index (Phi) is 5.00. The molecule has 7 heteroatoms. The lowest BCUT2D eigenvalue weighted by atomic mass is 9.89. The number of aliphatic hydroxyl groups excluding tert-OH is 1. The van der Waals surface area contributed by atoms with Crippen molar-refractivity contribution in [2.45, 2.75) is 37.8 Å². The largest absolute Gasteiger partial charge is 0.491 e. The molecule has 2 aromatic carbocycles. The number of ether oxygens (including phenoxy) is 1. The fourth-order valence-electron chi connectivity index (χ4n) is 3.93. The zero-order valence-corrected chi connectivity index (χ0v) is 16.2. The number of nitrogens with one attached hydrogen (secondary N) is 1. The van der Waals surface area contributed by atoms with Crippen LogP contribution in [0.25, 0.3) is 0 Å². The van der Waals surface area contributed by atoms with E-state index in [1.807, 2.05) is 18.2 Å². The van der Waals surface area contributed by atoms with Gasteiger partial charge >= 0.3 is 6.03 Å². The molecule has 2 aliphatic rings. The second-order valence-electron chi connectivity index (χ2n) is 7.73. The summed E-state index contributed by atoms with van der Waals surface area (Å²) < 4.78 is 18.3. The Hall–Kier alpha value is -2.93. The SMILES string of the molecule is C[C@@]1(c2ccc3c(c2)CCC3)NC(=O)N(C[C@H](O)COc2ccc(F)cc2)C1=O. The molecule has 1 fully saturated rings. The molecule has 1 aliphatic heterocycles. The first-order valence-electron chi connectivity index (χ1n) is 9.69. The number of carbonyl (C=O) groups excluding carboxylic acids is 2. The number of nitrogens with zero attached hydrogens (tertiary/aromatic N) is 1. The maximum Gasteiger partial charge on any atom is 0.325 e. The van der Waals surface area contributed by atoms with Gasteiger partial charge in [-0.1, -0.05) is 18.2 Å². The van der Waals surface area contributed by atoms with Gasteiger partial charge in [0.15, 0.2) is 0 Å². The van der Waals surface area contributed by atoms with Gasteiger partial charge in [-0.25, -0.2) is 9.18 Å². The van der Waals surface area contributed by atoms with Gasteiger partial charge in [-0.15, -0.1) is 0 Å². The summed E-state index contributed by atoms with van der Waals surface area (Å²) in [6, 6.07) is 10.8. The molecule has 1 heterocycles. The molecule has 1 aliphatic carbocycles. The first kappa shape index (κ1) is 19.4. The van der Waals surface area contributed by atoms with E-state index in [0.29, 0.717) is 5.75 Å². The van der Waals surface area contributed by atoms with Gasteiger partial charge in [-0.2, -0.15) is 0 Å². The predicted molar refractivity (Wildman–Crippen MR) is 104 cm³/mol. The molecule has 0 radical (unpaired) electrons. The van der Waals surface area contributed by atoms with Crippen LogP contribution in [0.5, 0.6) is 5.75 Å². The number of carbonyl (C=O) groups is 2. The maximum atomic E-state index is 13.0. The number of aryl methyl sites for hydroxylation is 2. The Bertz CT molecular complexity index is 946. The summed E-state index contributed by atoms with van der Waals surface area (Å²) in [5.41, 5.74) is 2.10. The van der Waals surface area contributed by atoms with Crippen LogP contribution >= 0.6 is 0 Å². The van der Waals surface area contributed by atoms with E-state index in [2.05, 4.69) is 5.32 Å². The van der Waals surface area contributed by atoms with Crippen LogP contribution in [-0.4, -0.2) is 41.2 Å². The number of hydrogen-bond acceptors (Lipinski definition) is 4. The highest BCUT2D eigenvalue weighted by Crippen LogP contribution is 2.32. The van der Waals surface area contributed by atoms with Crippen LogP contribution in [0.1, 0.15) is 30.0 Å². The normalized spacial score (nSPS) is 21.8. The quantitative estimate of drug-likeness (QED) is 0.733. The molecule has 0 saturated carbocycles. The number of hydrogen-bond donors (Lipinski definition) is 2. The molecule has 0 aromatic heterocycles. The fraction of sp³-hybridized carbons (Fsp3) is 0.364. The molecule has 152 valence electrons. The third-order valence-corrected chi connectivity index (χ3v) is 5.60. The number of halogens is 1. The molecule has 0 bridgehead atoms. The lowest BCUT2D eigenvalue weighted by molar-refractivity contribution is -0.132. The van der Waals surface area contributed by atoms with Crippen molar-refractivity contribution in [2.24, 2.45) is 0 Å². The van der Waals surface area contributed by atoms with E-state index in [1.54, 1.807) is 6.92 Å². The molecule has 29 heavy (non-hydrogen) atoms. The molecule has 0 spiro atoms. The van der Waals surface area contributed by atoms with E-state index < -0.39 is 23.6 Å². The van der Waals surface area contributed by atoms with Gasteiger partial charge in [-0.3, -0.25) is 9.69 Å². The number of amides is 3. The Morgan fingerprint density at radius 2 is 1.90 bits per heavy atom. The molecule has 2 aromatic rings. The van der Waals surface area contributed by atoms with Gasteiger partial charge in [0.25, 0.3) is 5.91 Å². The van der Waals surface area contributed by atoms with Crippen LogP contribution < -0.4 is 10.1 Å². The first-order chi connectivity index (χ1) is 13.9. The van der Waals surface area contributed by atoms with Crippen LogP contribution in [0.2, 0.25) is 0 Å². The Morgan fingerprint density at radius 3 is 2.66 bits per heavy atom. The van der Waals surface area contributed by atoms with E-state index in [-0.39, 0.29) is 19.0 Å². The topological polar surface area (TPSA) is 78.9 Å². The smallest absolute Gasteiger partial charge is 0.325 e. The summed E-state index contributed by atoms with van der Waals surface area (Å²) in [6.45, 7) is 1.37. The van der Waals surface area contributed by atoms with E-state index in [4.69, 9.17) is 4.74 Å². The number of fused-ring (bicyclic) bond motifs is 1. The average molecular weight is 398 g/mol. The predicted octanol–water partition coefficient (Wildman–Crippen LogP) is 2.52. The third-order valence-electron chi connectivity index (χ3n) is 5.60. The number of benzene rings is 2. The maximum absolute atomic E-state index is 13.0. The van der Waals surface area contributed by atoms with Crippen LogP contribution in [0, 0.1) is 5.82 Å². The lowest BCUT2D eigenvalue weighted by Crippen LogP contribution is -2.42. The minimum Gasteiger partial charge on any atom is -0.491 e. The van der Waals surface area contributed by atoms with Gasteiger partial charge < -0.3 is 15.2 Å². The Labute approximate surface area is 168 Å². The van der Waals surface area contributed by atoms with Gasteiger partial charge in [0.05, 0.1) is 6.54 Å². The van der Waals surface area contributed by atoms with Crippen molar-refractivity contribution >= 4 is 11.9 Å². The molecule has 2 N–H and O–H groups in total. The number of aliphatic hydroxyl groups is 1. The molecular weight excluding hydrogens is 375 g/mol. The van der Waals surface area contributed by atoms with Gasteiger partial charge in [-0.05, 0) is 67.1 Å².